The van der Waals surface area contributed by atoms with Crippen LogP contribution in [0.1, 0.15) is 148 Å². The van der Waals surface area contributed by atoms with Gasteiger partial charge < -0.3 is 9.22 Å². The van der Waals surface area contributed by atoms with E-state index in [9.17, 15) is 4.79 Å². The molecule has 32 heavy (non-hydrogen) atoms. The zero-order valence-corrected chi connectivity index (χ0v) is 22.7. The van der Waals surface area contributed by atoms with E-state index in [1.165, 1.54) is 148 Å². The highest BCUT2D eigenvalue weighted by molar-refractivity contribution is 5.70. The molecule has 0 fully saturated rings. The number of hydrogen-bond acceptors (Lipinski definition) is 2. The molecule has 0 atom stereocenters. The Morgan fingerprint density at radius 3 is 1.09 bits per heavy atom. The van der Waals surface area contributed by atoms with Gasteiger partial charge in [-0.15, -0.1) is 0 Å². The molecule has 0 saturated heterocycles. The third-order valence-corrected chi connectivity index (χ3v) is 6.90. The van der Waals surface area contributed by atoms with Crippen molar-refractivity contribution in [3.63, 3.8) is 0 Å². The number of esters is 1. The van der Waals surface area contributed by atoms with Crippen molar-refractivity contribution in [2.24, 2.45) is 0 Å². The smallest absolute Gasteiger partial charge is 0.361 e. The highest BCUT2D eigenvalue weighted by Crippen LogP contribution is 2.15. The number of quaternary nitrogens is 1. The normalized spacial score (nSPS) is 11.8. The average molecular weight is 455 g/mol. The maximum absolute atomic E-state index is 11.4. The lowest BCUT2D eigenvalue weighted by atomic mass is 10.0. The van der Waals surface area contributed by atoms with Crippen molar-refractivity contribution in [3.05, 3.63) is 0 Å². The molecule has 0 saturated carbocycles. The minimum atomic E-state index is -0.103. The second kappa shape index (κ2) is 23.6. The third kappa shape index (κ3) is 24.1. The zero-order chi connectivity index (χ0) is 23.8. The summed E-state index contributed by atoms with van der Waals surface area (Å²) in [4.78, 5) is 11.4. The van der Waals surface area contributed by atoms with Gasteiger partial charge in [0, 0.05) is 0 Å². The molecular weight excluding hydrogens is 394 g/mol. The van der Waals surface area contributed by atoms with E-state index >= 15 is 0 Å². The maximum Gasteiger partial charge on any atom is 0.361 e. The van der Waals surface area contributed by atoms with Gasteiger partial charge in [-0.25, -0.2) is 4.79 Å². The number of rotatable bonds is 25. The van der Waals surface area contributed by atoms with Gasteiger partial charge in [0.2, 0.25) is 0 Å². The fourth-order valence-electron chi connectivity index (χ4n) is 4.64. The number of hydrogen-bond donors (Lipinski definition) is 0. The van der Waals surface area contributed by atoms with Gasteiger partial charge in [-0.2, -0.15) is 0 Å². The quantitative estimate of drug-likeness (QED) is 0.0782. The van der Waals surface area contributed by atoms with E-state index < -0.39 is 0 Å². The number of ether oxygens (including phenoxy) is 1. The van der Waals surface area contributed by atoms with Crippen LogP contribution in [0.2, 0.25) is 0 Å². The molecule has 3 nitrogen and oxygen atoms in total. The summed E-state index contributed by atoms with van der Waals surface area (Å²) >= 11 is 0. The summed E-state index contributed by atoms with van der Waals surface area (Å²) in [7, 11) is 5.71. The maximum atomic E-state index is 11.4. The molecule has 0 N–H and O–H groups in total. The van der Waals surface area contributed by atoms with Gasteiger partial charge in [-0.3, -0.25) is 0 Å². The van der Waals surface area contributed by atoms with E-state index in [0.717, 1.165) is 11.0 Å². The number of likely N-dealkylation sites (N-methyl/N-ethyl adjacent to an activating group) is 1. The summed E-state index contributed by atoms with van der Waals surface area (Å²) in [6.45, 7) is 3.84. The first-order chi connectivity index (χ1) is 15.5. The van der Waals surface area contributed by atoms with E-state index in [-0.39, 0.29) is 5.97 Å². The van der Waals surface area contributed by atoms with Crippen molar-refractivity contribution in [3.8, 4) is 0 Å². The zero-order valence-electron chi connectivity index (χ0n) is 22.7. The highest BCUT2D eigenvalue weighted by atomic mass is 16.5. The summed E-state index contributed by atoms with van der Waals surface area (Å²) < 4.78 is 5.53. The lowest BCUT2D eigenvalue weighted by Gasteiger charge is -2.28. The fraction of sp³-hybridized carbons (Fsp3) is 0.966. The van der Waals surface area contributed by atoms with Crippen LogP contribution in [0, 0.1) is 0 Å². The van der Waals surface area contributed by atoms with Crippen molar-refractivity contribution >= 4 is 5.97 Å². The third-order valence-electron chi connectivity index (χ3n) is 6.90. The number of nitrogens with zero attached hydrogens (tertiary/aromatic N) is 1. The monoisotopic (exact) mass is 454 g/mol. The largest absolute Gasteiger partial charge is 0.465 e. The molecule has 0 bridgehead atoms. The summed E-state index contributed by atoms with van der Waals surface area (Å²) in [5, 5.41) is 0. The van der Waals surface area contributed by atoms with Crippen molar-refractivity contribution in [1.82, 2.24) is 0 Å². The molecule has 0 spiro atoms. The molecule has 192 valence electrons. The van der Waals surface area contributed by atoms with Gasteiger partial charge in [0.15, 0.2) is 6.54 Å². The Balaban J connectivity index is 3.17. The van der Waals surface area contributed by atoms with E-state index in [0.29, 0.717) is 6.54 Å². The lowest BCUT2D eigenvalue weighted by molar-refractivity contribution is -0.883. The summed E-state index contributed by atoms with van der Waals surface area (Å²) in [6.07, 6.45) is 31.3. The first-order valence-corrected chi connectivity index (χ1v) is 14.4. The molecule has 0 amide bonds. The molecule has 0 unspecified atom stereocenters. The van der Waals surface area contributed by atoms with E-state index in [1.54, 1.807) is 0 Å². The van der Waals surface area contributed by atoms with E-state index in [2.05, 4.69) is 21.0 Å². The van der Waals surface area contributed by atoms with Crippen LogP contribution < -0.4 is 0 Å². The highest BCUT2D eigenvalue weighted by Gasteiger charge is 2.19. The van der Waals surface area contributed by atoms with Gasteiger partial charge >= 0.3 is 5.97 Å². The molecule has 0 aliphatic rings. The van der Waals surface area contributed by atoms with Crippen LogP contribution in [0.3, 0.4) is 0 Å². The van der Waals surface area contributed by atoms with Crippen LogP contribution in [0.5, 0.6) is 0 Å². The fourth-order valence-corrected chi connectivity index (χ4v) is 4.64. The van der Waals surface area contributed by atoms with Crippen LogP contribution in [0.4, 0.5) is 0 Å². The van der Waals surface area contributed by atoms with Crippen LogP contribution in [0.15, 0.2) is 0 Å². The number of methoxy groups -OCH3 is 1. The minimum Gasteiger partial charge on any atom is -0.465 e. The van der Waals surface area contributed by atoms with E-state index in [1.807, 2.05) is 0 Å². The standard InChI is InChI=1S/C29H60NO2/c1-5-6-7-8-9-10-11-12-13-14-15-16-17-18-19-20-21-22-23-24-25-26-27-30(2,3)28-29(31)32-4/h5-28H2,1-4H3/q+1. The first-order valence-electron chi connectivity index (χ1n) is 14.4. The second-order valence-corrected chi connectivity index (χ2v) is 10.8. The number of unbranched alkanes of at least 4 members (excludes halogenated alkanes) is 21. The molecule has 0 aliphatic carbocycles. The molecule has 0 rings (SSSR count). The summed E-state index contributed by atoms with van der Waals surface area (Å²) in [5.74, 6) is -0.103. The molecule has 0 aliphatic heterocycles. The second-order valence-electron chi connectivity index (χ2n) is 10.8. The van der Waals surface area contributed by atoms with Crippen LogP contribution in [0.25, 0.3) is 0 Å². The van der Waals surface area contributed by atoms with Gasteiger partial charge in [0.05, 0.1) is 27.7 Å². The SMILES string of the molecule is CCCCCCCCCCCCCCCCCCCCCCCC[N+](C)(C)CC(=O)OC. The molecular formula is C29H60NO2+. The van der Waals surface area contributed by atoms with Gasteiger partial charge in [0.1, 0.15) is 0 Å². The Labute approximate surface area is 202 Å². The van der Waals surface area contributed by atoms with Gasteiger partial charge in [-0.05, 0) is 12.8 Å². The number of carbonyl (C=O) groups excluding carboxylic acids is 1. The molecule has 0 heterocycles. The van der Waals surface area contributed by atoms with Crippen LogP contribution >= 0.6 is 0 Å². The van der Waals surface area contributed by atoms with E-state index in [4.69, 9.17) is 4.74 Å². The lowest BCUT2D eigenvalue weighted by Crippen LogP contribution is -2.44. The van der Waals surface area contributed by atoms with Crippen molar-refractivity contribution in [2.45, 2.75) is 148 Å². The predicted molar refractivity (Wildman–Crippen MR) is 141 cm³/mol. The predicted octanol–water partition coefficient (Wildman–Crippen LogP) is 8.84. The molecule has 0 aromatic carbocycles. The Morgan fingerprint density at radius 1 is 0.531 bits per heavy atom. The Hall–Kier alpha value is -0.570. The average Bonchev–Trinajstić information content (AvgIpc) is 2.76. The molecule has 3 heteroatoms. The van der Waals surface area contributed by atoms with Crippen molar-refractivity contribution in [2.75, 3.05) is 34.3 Å². The van der Waals surface area contributed by atoms with Gasteiger partial charge in [-0.1, -0.05) is 135 Å². The summed E-state index contributed by atoms with van der Waals surface area (Å²) in [5.41, 5.74) is 0. The number of carbonyl (C=O) groups is 1. The van der Waals surface area contributed by atoms with Gasteiger partial charge in [0.25, 0.3) is 0 Å². The Morgan fingerprint density at radius 2 is 0.812 bits per heavy atom. The first kappa shape index (κ1) is 31.4. The summed E-state index contributed by atoms with van der Waals surface area (Å²) in [6, 6.07) is 0. The van der Waals surface area contributed by atoms with Crippen molar-refractivity contribution in [1.29, 1.82) is 0 Å². The molecule has 0 radical (unpaired) electrons. The Bertz CT molecular complexity index is 395. The topological polar surface area (TPSA) is 26.3 Å². The van der Waals surface area contributed by atoms with Crippen LogP contribution in [-0.2, 0) is 9.53 Å². The van der Waals surface area contributed by atoms with Crippen molar-refractivity contribution < 1.29 is 14.0 Å². The molecule has 0 aromatic rings. The Kier molecular flexibility index (Phi) is 23.2. The van der Waals surface area contributed by atoms with Crippen LogP contribution in [-0.4, -0.2) is 44.7 Å². The minimum absolute atomic E-state index is 0.103. The molecule has 0 aromatic heterocycles.